The third-order valence-corrected chi connectivity index (χ3v) is 8.75. The van der Waals surface area contributed by atoms with E-state index in [9.17, 15) is 0 Å². The van der Waals surface area contributed by atoms with Crippen LogP contribution in [0.1, 0.15) is 65.5 Å². The fourth-order valence-corrected chi connectivity index (χ4v) is 6.40. The highest BCUT2D eigenvalue weighted by molar-refractivity contribution is 5.66. The zero-order chi connectivity index (χ0) is 26.0. The van der Waals surface area contributed by atoms with Crippen LogP contribution in [0.3, 0.4) is 0 Å². The number of likely N-dealkylation sites (tertiary alicyclic amines) is 1. The average Bonchev–Trinajstić information content (AvgIpc) is 3.28. The topological polar surface area (TPSA) is 50.5 Å². The third kappa shape index (κ3) is 5.56. The van der Waals surface area contributed by atoms with E-state index in [0.29, 0.717) is 12.0 Å². The van der Waals surface area contributed by atoms with Gasteiger partial charge in [-0.2, -0.15) is 0 Å². The lowest BCUT2D eigenvalue weighted by Crippen LogP contribution is -2.50. The summed E-state index contributed by atoms with van der Waals surface area (Å²) in [4.78, 5) is 2.60. The predicted molar refractivity (Wildman–Crippen MR) is 155 cm³/mol. The Morgan fingerprint density at radius 2 is 1.51 bits per heavy atom. The fourth-order valence-electron chi connectivity index (χ4n) is 6.40. The maximum absolute atomic E-state index is 6.63. The van der Waals surface area contributed by atoms with Crippen molar-refractivity contribution in [2.75, 3.05) is 31.9 Å². The Kier molecular flexibility index (Phi) is 7.60. The summed E-state index contributed by atoms with van der Waals surface area (Å²) in [5.74, 6) is 1.51. The van der Waals surface area contributed by atoms with Crippen LogP contribution in [0.2, 0.25) is 0 Å². The van der Waals surface area contributed by atoms with Gasteiger partial charge < -0.3 is 15.8 Å². The number of anilines is 1. The van der Waals surface area contributed by atoms with E-state index >= 15 is 0 Å². The molecule has 0 bridgehead atoms. The normalized spacial score (nSPS) is 20.2. The van der Waals surface area contributed by atoms with Crippen molar-refractivity contribution in [1.29, 1.82) is 0 Å². The number of hydrogen-bond donors (Lipinski definition) is 2. The minimum absolute atomic E-state index is 0.184. The lowest BCUT2D eigenvalue weighted by molar-refractivity contribution is 0.0506. The molecule has 5 rings (SSSR count). The second-order valence-electron chi connectivity index (χ2n) is 11.5. The van der Waals surface area contributed by atoms with E-state index in [0.717, 1.165) is 56.0 Å². The highest BCUT2D eigenvalue weighted by Crippen LogP contribution is 2.44. The van der Waals surface area contributed by atoms with Crippen molar-refractivity contribution >= 4 is 5.69 Å². The maximum Gasteiger partial charge on any atom is 0.127 e. The van der Waals surface area contributed by atoms with Gasteiger partial charge in [0.2, 0.25) is 0 Å². The largest absolute Gasteiger partial charge is 0.485 e. The van der Waals surface area contributed by atoms with Crippen LogP contribution in [0.5, 0.6) is 5.75 Å². The molecule has 196 valence electrons. The summed E-state index contributed by atoms with van der Waals surface area (Å²) in [6.45, 7) is 12.9. The first kappa shape index (κ1) is 25.8. The van der Waals surface area contributed by atoms with Crippen molar-refractivity contribution in [3.05, 3.63) is 94.0 Å². The zero-order valence-electron chi connectivity index (χ0n) is 23.0. The lowest BCUT2D eigenvalue weighted by atomic mass is 9.88. The van der Waals surface area contributed by atoms with Gasteiger partial charge in [0, 0.05) is 36.2 Å². The number of nitrogens with two attached hydrogens (primary N) is 1. The quantitative estimate of drug-likeness (QED) is 0.366. The predicted octanol–water partition coefficient (Wildman–Crippen LogP) is 6.16. The number of ether oxygens (including phenoxy) is 1. The van der Waals surface area contributed by atoms with Crippen molar-refractivity contribution in [1.82, 2.24) is 10.2 Å². The molecule has 1 saturated heterocycles. The van der Waals surface area contributed by atoms with Gasteiger partial charge >= 0.3 is 0 Å². The van der Waals surface area contributed by atoms with Crippen LogP contribution >= 0.6 is 0 Å². The standard InChI is InChI=1S/C33H43N3O/c1-23-24(2)32-30(25(3)31(23)34)21-33(4,37-32)22-36-19-16-28(17-20-36)35-18-15-29(26-11-7-5-8-12-26)27-13-9-6-10-14-27/h5-14,28-29,35H,15-22,34H2,1-4H3. The molecule has 4 heteroatoms. The third-order valence-electron chi connectivity index (χ3n) is 8.75. The smallest absolute Gasteiger partial charge is 0.127 e. The molecule has 0 aliphatic carbocycles. The number of nitrogens with zero attached hydrogens (tertiary/aromatic N) is 1. The van der Waals surface area contributed by atoms with Crippen LogP contribution < -0.4 is 15.8 Å². The average molecular weight is 498 g/mol. The fraction of sp³-hybridized carbons (Fsp3) is 0.455. The van der Waals surface area contributed by atoms with Crippen molar-refractivity contribution < 1.29 is 4.74 Å². The Hall–Kier alpha value is -2.82. The van der Waals surface area contributed by atoms with E-state index in [1.165, 1.54) is 40.7 Å². The van der Waals surface area contributed by atoms with Crippen molar-refractivity contribution in [2.24, 2.45) is 0 Å². The first-order valence-electron chi connectivity index (χ1n) is 14.0. The van der Waals surface area contributed by atoms with Crippen LogP contribution in [0.15, 0.2) is 60.7 Å². The first-order chi connectivity index (χ1) is 17.8. The van der Waals surface area contributed by atoms with Gasteiger partial charge in [-0.3, -0.25) is 4.90 Å². The second kappa shape index (κ2) is 10.9. The Morgan fingerprint density at radius 3 is 2.11 bits per heavy atom. The monoisotopic (exact) mass is 497 g/mol. The summed E-state index contributed by atoms with van der Waals surface area (Å²) in [6, 6.07) is 22.5. The molecule has 3 aromatic carbocycles. The van der Waals surface area contributed by atoms with E-state index in [4.69, 9.17) is 10.5 Å². The number of benzene rings is 3. The van der Waals surface area contributed by atoms with E-state index in [1.807, 2.05) is 0 Å². The molecule has 37 heavy (non-hydrogen) atoms. The molecule has 0 saturated carbocycles. The van der Waals surface area contributed by atoms with Gasteiger partial charge in [0.05, 0.1) is 0 Å². The van der Waals surface area contributed by atoms with Gasteiger partial charge in [-0.15, -0.1) is 0 Å². The molecule has 0 amide bonds. The Bertz CT molecular complexity index is 1120. The molecule has 2 heterocycles. The molecule has 1 atom stereocenters. The SMILES string of the molecule is Cc1c(C)c2c(c(C)c1N)CC(C)(CN1CCC(NCCC(c3ccccc3)c3ccccc3)CC1)O2. The molecule has 0 aromatic heterocycles. The molecule has 4 nitrogen and oxygen atoms in total. The van der Waals surface area contributed by atoms with E-state index in [-0.39, 0.29) is 5.60 Å². The number of nitrogens with one attached hydrogen (secondary N) is 1. The minimum atomic E-state index is -0.184. The molecular weight excluding hydrogens is 454 g/mol. The Balaban J connectivity index is 1.13. The summed E-state index contributed by atoms with van der Waals surface area (Å²) in [5.41, 5.74) is 14.8. The Labute approximate surface area is 223 Å². The first-order valence-corrected chi connectivity index (χ1v) is 14.0. The minimum Gasteiger partial charge on any atom is -0.485 e. The highest BCUT2D eigenvalue weighted by Gasteiger charge is 2.39. The summed E-state index contributed by atoms with van der Waals surface area (Å²) in [7, 11) is 0. The van der Waals surface area contributed by atoms with Gasteiger partial charge in [-0.25, -0.2) is 0 Å². The maximum atomic E-state index is 6.63. The van der Waals surface area contributed by atoms with E-state index in [1.54, 1.807) is 0 Å². The van der Waals surface area contributed by atoms with Gasteiger partial charge in [0.15, 0.2) is 0 Å². The summed E-state index contributed by atoms with van der Waals surface area (Å²) in [5, 5.41) is 3.89. The van der Waals surface area contributed by atoms with Crippen molar-refractivity contribution in [2.45, 2.75) is 70.9 Å². The molecule has 0 spiro atoms. The molecule has 1 fully saturated rings. The number of hydrogen-bond acceptors (Lipinski definition) is 4. The molecule has 2 aliphatic rings. The molecule has 2 aliphatic heterocycles. The van der Waals surface area contributed by atoms with Crippen molar-refractivity contribution in [3.63, 3.8) is 0 Å². The number of rotatable bonds is 8. The van der Waals surface area contributed by atoms with E-state index in [2.05, 4.69) is 98.6 Å². The van der Waals surface area contributed by atoms with Crippen molar-refractivity contribution in [3.8, 4) is 5.75 Å². The number of nitrogen functional groups attached to an aromatic ring is 1. The lowest BCUT2D eigenvalue weighted by Gasteiger charge is -2.37. The molecular formula is C33H43N3O. The van der Waals surface area contributed by atoms with Crippen LogP contribution in [-0.2, 0) is 6.42 Å². The van der Waals surface area contributed by atoms with Gasteiger partial charge in [-0.05, 0) is 94.4 Å². The summed E-state index contributed by atoms with van der Waals surface area (Å²) < 4.78 is 6.63. The van der Waals surface area contributed by atoms with Gasteiger partial charge in [-0.1, -0.05) is 60.7 Å². The molecule has 3 aromatic rings. The van der Waals surface area contributed by atoms with Crippen LogP contribution in [0, 0.1) is 20.8 Å². The second-order valence-corrected chi connectivity index (χ2v) is 11.5. The van der Waals surface area contributed by atoms with Gasteiger partial charge in [0.1, 0.15) is 11.4 Å². The van der Waals surface area contributed by atoms with Gasteiger partial charge in [0.25, 0.3) is 0 Å². The number of fused-ring (bicyclic) bond motifs is 1. The Morgan fingerprint density at radius 1 is 0.919 bits per heavy atom. The van der Waals surface area contributed by atoms with E-state index < -0.39 is 0 Å². The molecule has 3 N–H and O–H groups in total. The molecule has 1 unspecified atom stereocenters. The molecule has 0 radical (unpaired) electrons. The zero-order valence-corrected chi connectivity index (χ0v) is 23.0. The van der Waals surface area contributed by atoms with Crippen LogP contribution in [0.25, 0.3) is 0 Å². The summed E-state index contributed by atoms with van der Waals surface area (Å²) >= 11 is 0. The van der Waals surface area contributed by atoms with Crippen LogP contribution in [0.4, 0.5) is 5.69 Å². The number of piperidine rings is 1. The highest BCUT2D eigenvalue weighted by atomic mass is 16.5. The summed E-state index contributed by atoms with van der Waals surface area (Å²) in [6.07, 6.45) is 4.43. The van der Waals surface area contributed by atoms with Crippen LogP contribution in [-0.4, -0.2) is 42.7 Å².